The molecule has 1 aliphatic carbocycles. The molecule has 0 aromatic heterocycles. The van der Waals surface area contributed by atoms with Crippen molar-refractivity contribution in [2.24, 2.45) is 0 Å². The van der Waals surface area contributed by atoms with E-state index in [0.29, 0.717) is 25.8 Å². The lowest BCUT2D eigenvalue weighted by Gasteiger charge is -2.24. The Hall–Kier alpha value is -1.84. The molecule has 21 heavy (non-hydrogen) atoms. The maximum atomic E-state index is 11.8. The highest BCUT2D eigenvalue weighted by atomic mass is 16.5. The van der Waals surface area contributed by atoms with Gasteiger partial charge >= 0.3 is 5.97 Å². The second kappa shape index (κ2) is 7.81. The Morgan fingerprint density at radius 3 is 2.76 bits per heavy atom. The van der Waals surface area contributed by atoms with Gasteiger partial charge in [0.15, 0.2) is 0 Å². The van der Waals surface area contributed by atoms with E-state index in [2.05, 4.69) is 17.4 Å². The van der Waals surface area contributed by atoms with Gasteiger partial charge in [-0.1, -0.05) is 24.3 Å². The largest absolute Gasteiger partial charge is 0.462 e. The summed E-state index contributed by atoms with van der Waals surface area (Å²) in [6, 6.07) is 8.31. The highest BCUT2D eigenvalue weighted by molar-refractivity contribution is 5.76. The number of rotatable bonds is 6. The molecule has 0 fully saturated rings. The van der Waals surface area contributed by atoms with Crippen LogP contribution in [0.15, 0.2) is 24.3 Å². The van der Waals surface area contributed by atoms with Crippen LogP contribution in [0, 0.1) is 0 Å². The third-order valence-corrected chi connectivity index (χ3v) is 3.76. The van der Waals surface area contributed by atoms with Gasteiger partial charge in [-0.25, -0.2) is 0 Å². The fraction of sp³-hybridized carbons (Fsp3) is 0.529. The van der Waals surface area contributed by atoms with Gasteiger partial charge in [0.25, 0.3) is 0 Å². The molecule has 0 spiro atoms. The number of ether oxygens (including phenoxy) is 1. The Morgan fingerprint density at radius 2 is 2.00 bits per heavy atom. The van der Waals surface area contributed by atoms with Crippen LogP contribution >= 0.6 is 0 Å². The van der Waals surface area contributed by atoms with Crippen molar-refractivity contribution in [1.82, 2.24) is 5.32 Å². The normalized spacial score (nSPS) is 16.9. The van der Waals surface area contributed by atoms with Crippen molar-refractivity contribution >= 4 is 11.9 Å². The minimum absolute atomic E-state index is 0.00288. The first-order chi connectivity index (χ1) is 10.2. The molecule has 1 amide bonds. The number of benzene rings is 1. The Bertz CT molecular complexity index is 499. The summed E-state index contributed by atoms with van der Waals surface area (Å²) in [6.45, 7) is 2.51. The summed E-state index contributed by atoms with van der Waals surface area (Å²) in [4.78, 5) is 23.1. The molecular weight excluding hydrogens is 266 g/mol. The van der Waals surface area contributed by atoms with Crippen LogP contribution in [0.25, 0.3) is 0 Å². The molecule has 1 aromatic rings. The van der Waals surface area contributed by atoms with Crippen LogP contribution in [-0.4, -0.2) is 24.5 Å². The molecule has 114 valence electrons. The number of hydrogen-bond acceptors (Lipinski definition) is 3. The maximum Gasteiger partial charge on any atom is 0.306 e. The molecule has 1 aliphatic rings. The van der Waals surface area contributed by atoms with E-state index in [9.17, 15) is 9.59 Å². The lowest BCUT2D eigenvalue weighted by molar-refractivity contribution is -0.149. The summed E-state index contributed by atoms with van der Waals surface area (Å²) >= 11 is 0. The first-order valence-corrected chi connectivity index (χ1v) is 7.72. The zero-order chi connectivity index (χ0) is 15.1. The average molecular weight is 289 g/mol. The van der Waals surface area contributed by atoms with Crippen LogP contribution in [0.2, 0.25) is 0 Å². The molecule has 2 rings (SSSR count). The number of fused-ring (bicyclic) bond motifs is 1. The van der Waals surface area contributed by atoms with E-state index in [1.165, 1.54) is 11.1 Å². The summed E-state index contributed by atoms with van der Waals surface area (Å²) in [7, 11) is 0. The minimum atomic E-state index is -0.191. The third kappa shape index (κ3) is 4.88. The van der Waals surface area contributed by atoms with Crippen molar-refractivity contribution in [2.45, 2.75) is 51.6 Å². The number of esters is 1. The predicted octanol–water partition coefficient (Wildman–Crippen LogP) is 2.39. The zero-order valence-corrected chi connectivity index (χ0v) is 12.6. The Labute approximate surface area is 125 Å². The molecule has 1 atom stereocenters. The molecule has 0 aliphatic heterocycles. The zero-order valence-electron chi connectivity index (χ0n) is 12.6. The van der Waals surface area contributed by atoms with Crippen LogP contribution < -0.4 is 5.32 Å². The van der Waals surface area contributed by atoms with E-state index in [-0.39, 0.29) is 18.0 Å². The predicted molar refractivity (Wildman–Crippen MR) is 80.9 cm³/mol. The summed E-state index contributed by atoms with van der Waals surface area (Å²) in [5.74, 6) is -0.194. The number of amides is 1. The standard InChI is InChI=1S/C17H23NO3/c1-2-18-16(19)8-5-9-17(20)21-15-11-10-13-6-3-4-7-14(13)12-15/h3-4,6-7,15H,2,5,8-12H2,1H3,(H,18,19). The van der Waals surface area contributed by atoms with Gasteiger partial charge in [-0.05, 0) is 37.3 Å². The van der Waals surface area contributed by atoms with E-state index in [1.54, 1.807) is 0 Å². The first kappa shape index (κ1) is 15.5. The second-order valence-electron chi connectivity index (χ2n) is 5.43. The smallest absolute Gasteiger partial charge is 0.306 e. The minimum Gasteiger partial charge on any atom is -0.462 e. The molecule has 4 nitrogen and oxygen atoms in total. The van der Waals surface area contributed by atoms with Gasteiger partial charge in [0, 0.05) is 25.8 Å². The summed E-state index contributed by atoms with van der Waals surface area (Å²) in [5, 5.41) is 2.72. The van der Waals surface area contributed by atoms with Crippen LogP contribution in [0.5, 0.6) is 0 Å². The fourth-order valence-corrected chi connectivity index (χ4v) is 2.69. The van der Waals surface area contributed by atoms with Gasteiger partial charge in [0.05, 0.1) is 0 Å². The number of carbonyl (C=O) groups excluding carboxylic acids is 2. The Balaban J connectivity index is 1.71. The number of hydrogen-bond donors (Lipinski definition) is 1. The highest BCUT2D eigenvalue weighted by Crippen LogP contribution is 2.23. The van der Waals surface area contributed by atoms with Gasteiger partial charge < -0.3 is 10.1 Å². The SMILES string of the molecule is CCNC(=O)CCCC(=O)OC1CCc2ccccc2C1. The van der Waals surface area contributed by atoms with E-state index < -0.39 is 0 Å². The Kier molecular flexibility index (Phi) is 5.78. The summed E-state index contributed by atoms with van der Waals surface area (Å²) in [6.07, 6.45) is 3.89. The lowest BCUT2D eigenvalue weighted by atomic mass is 9.90. The number of aryl methyl sites for hydroxylation is 1. The second-order valence-corrected chi connectivity index (χ2v) is 5.43. The average Bonchev–Trinajstić information content (AvgIpc) is 2.47. The monoisotopic (exact) mass is 289 g/mol. The van der Waals surface area contributed by atoms with Crippen LogP contribution in [0.1, 0.15) is 43.7 Å². The van der Waals surface area contributed by atoms with Crippen molar-refractivity contribution in [1.29, 1.82) is 0 Å². The quantitative estimate of drug-likeness (QED) is 0.818. The first-order valence-electron chi connectivity index (χ1n) is 7.72. The van der Waals surface area contributed by atoms with Crippen LogP contribution in [-0.2, 0) is 27.2 Å². The molecule has 0 saturated carbocycles. The van der Waals surface area contributed by atoms with Crippen molar-refractivity contribution in [3.05, 3.63) is 35.4 Å². The Morgan fingerprint density at radius 1 is 1.24 bits per heavy atom. The van der Waals surface area contributed by atoms with Crippen molar-refractivity contribution in [3.8, 4) is 0 Å². The van der Waals surface area contributed by atoms with Gasteiger partial charge in [0.1, 0.15) is 6.10 Å². The van der Waals surface area contributed by atoms with E-state index in [0.717, 1.165) is 19.3 Å². The van der Waals surface area contributed by atoms with E-state index >= 15 is 0 Å². The van der Waals surface area contributed by atoms with Crippen LogP contribution in [0.4, 0.5) is 0 Å². The van der Waals surface area contributed by atoms with Crippen LogP contribution in [0.3, 0.4) is 0 Å². The molecule has 1 unspecified atom stereocenters. The summed E-state index contributed by atoms with van der Waals surface area (Å²) in [5.41, 5.74) is 2.64. The molecule has 0 saturated heterocycles. The maximum absolute atomic E-state index is 11.8. The topological polar surface area (TPSA) is 55.4 Å². The molecule has 1 N–H and O–H groups in total. The lowest BCUT2D eigenvalue weighted by Crippen LogP contribution is -2.26. The van der Waals surface area contributed by atoms with E-state index in [1.807, 2.05) is 19.1 Å². The van der Waals surface area contributed by atoms with Gasteiger partial charge in [-0.15, -0.1) is 0 Å². The van der Waals surface area contributed by atoms with Crippen molar-refractivity contribution < 1.29 is 14.3 Å². The summed E-state index contributed by atoms with van der Waals surface area (Å²) < 4.78 is 5.52. The number of carbonyl (C=O) groups is 2. The van der Waals surface area contributed by atoms with Gasteiger partial charge in [-0.2, -0.15) is 0 Å². The van der Waals surface area contributed by atoms with Crippen molar-refractivity contribution in [2.75, 3.05) is 6.54 Å². The van der Waals surface area contributed by atoms with Gasteiger partial charge in [0.2, 0.25) is 5.91 Å². The third-order valence-electron chi connectivity index (χ3n) is 3.76. The highest BCUT2D eigenvalue weighted by Gasteiger charge is 2.21. The molecular formula is C17H23NO3. The number of nitrogens with one attached hydrogen (secondary N) is 1. The molecule has 0 bridgehead atoms. The molecule has 0 radical (unpaired) electrons. The molecule has 0 heterocycles. The molecule has 1 aromatic carbocycles. The van der Waals surface area contributed by atoms with Gasteiger partial charge in [-0.3, -0.25) is 9.59 Å². The van der Waals surface area contributed by atoms with Crippen molar-refractivity contribution in [3.63, 3.8) is 0 Å². The van der Waals surface area contributed by atoms with E-state index in [4.69, 9.17) is 4.74 Å². The fourth-order valence-electron chi connectivity index (χ4n) is 2.69. The molecule has 4 heteroatoms.